The van der Waals surface area contributed by atoms with Crippen molar-refractivity contribution in [1.82, 2.24) is 5.01 Å². The molecule has 0 radical (unpaired) electrons. The second-order valence-electron chi connectivity index (χ2n) is 7.15. The minimum Gasteiger partial charge on any atom is -0.324 e. The Labute approximate surface area is 176 Å². The second kappa shape index (κ2) is 7.49. The molecule has 0 spiro atoms. The minimum absolute atomic E-state index is 0.278. The van der Waals surface area contributed by atoms with Gasteiger partial charge in [-0.1, -0.05) is 29.0 Å². The lowest BCUT2D eigenvalue weighted by Crippen LogP contribution is -2.43. The standard InChI is InChI=1S/C20H17ClFN5O3/c1-10-4-6-13(8-14(10)21)27-19(29)17-18(20(27)30)26(25-24-17)9-16(28)23-12-5-3-11(2)15(22)7-12/h3-8,17-18H,9H2,1-2H3,(H,23,28)/t17-,18-/m1/s1. The lowest BCUT2D eigenvalue weighted by atomic mass is 10.1. The van der Waals surface area contributed by atoms with Gasteiger partial charge in [-0.2, -0.15) is 5.11 Å². The van der Waals surface area contributed by atoms with Gasteiger partial charge in [-0.05, 0) is 49.2 Å². The van der Waals surface area contributed by atoms with Crippen LogP contribution in [0.4, 0.5) is 15.8 Å². The number of anilines is 2. The molecule has 154 valence electrons. The van der Waals surface area contributed by atoms with Gasteiger partial charge in [0.2, 0.25) is 5.91 Å². The average molecular weight is 430 g/mol. The Kier molecular flexibility index (Phi) is 4.98. The first-order chi connectivity index (χ1) is 14.3. The smallest absolute Gasteiger partial charge is 0.263 e. The van der Waals surface area contributed by atoms with Gasteiger partial charge in [0.05, 0.1) is 5.69 Å². The second-order valence-corrected chi connectivity index (χ2v) is 7.56. The van der Waals surface area contributed by atoms with E-state index < -0.39 is 35.6 Å². The quantitative estimate of drug-likeness (QED) is 0.756. The zero-order valence-corrected chi connectivity index (χ0v) is 16.9. The third kappa shape index (κ3) is 3.41. The maximum atomic E-state index is 13.7. The molecule has 1 saturated heterocycles. The molecule has 0 unspecified atom stereocenters. The number of benzene rings is 2. The van der Waals surface area contributed by atoms with E-state index in [1.54, 1.807) is 31.2 Å². The number of fused-ring (bicyclic) bond motifs is 1. The Morgan fingerprint density at radius 2 is 1.87 bits per heavy atom. The molecule has 2 aromatic carbocycles. The number of carbonyl (C=O) groups excluding carboxylic acids is 3. The van der Waals surface area contributed by atoms with Crippen molar-refractivity contribution >= 4 is 40.7 Å². The first kappa shape index (κ1) is 20.0. The molecule has 2 atom stereocenters. The summed E-state index contributed by atoms with van der Waals surface area (Å²) >= 11 is 6.12. The highest BCUT2D eigenvalue weighted by Crippen LogP contribution is 2.33. The molecular weight excluding hydrogens is 413 g/mol. The number of aryl methyl sites for hydroxylation is 2. The van der Waals surface area contributed by atoms with Crippen molar-refractivity contribution in [3.8, 4) is 0 Å². The molecule has 0 bridgehead atoms. The van der Waals surface area contributed by atoms with Gasteiger partial charge < -0.3 is 5.32 Å². The predicted molar refractivity (Wildman–Crippen MR) is 108 cm³/mol. The molecule has 0 saturated carbocycles. The lowest BCUT2D eigenvalue weighted by molar-refractivity contribution is -0.123. The van der Waals surface area contributed by atoms with E-state index in [1.165, 1.54) is 17.1 Å². The number of amides is 3. The third-order valence-electron chi connectivity index (χ3n) is 5.03. The van der Waals surface area contributed by atoms with Crippen LogP contribution in [0.1, 0.15) is 11.1 Å². The number of nitrogens with one attached hydrogen (secondary N) is 1. The average Bonchev–Trinajstić information content (AvgIpc) is 3.21. The van der Waals surface area contributed by atoms with Crippen LogP contribution in [0.3, 0.4) is 0 Å². The van der Waals surface area contributed by atoms with Crippen molar-refractivity contribution < 1.29 is 18.8 Å². The number of carbonyl (C=O) groups is 3. The van der Waals surface area contributed by atoms with E-state index in [0.29, 0.717) is 16.3 Å². The van der Waals surface area contributed by atoms with Crippen molar-refractivity contribution in [2.75, 3.05) is 16.8 Å². The fourth-order valence-corrected chi connectivity index (χ4v) is 3.52. The predicted octanol–water partition coefficient (Wildman–Crippen LogP) is 3.03. The molecule has 1 N–H and O–H groups in total. The Morgan fingerprint density at radius 3 is 2.57 bits per heavy atom. The minimum atomic E-state index is -1.03. The molecule has 10 heteroatoms. The number of imide groups is 1. The number of nitrogens with zero attached hydrogens (tertiary/aromatic N) is 4. The van der Waals surface area contributed by atoms with Crippen molar-refractivity contribution in [2.45, 2.75) is 25.9 Å². The summed E-state index contributed by atoms with van der Waals surface area (Å²) in [5.41, 5.74) is 1.88. The summed E-state index contributed by atoms with van der Waals surface area (Å²) in [4.78, 5) is 39.1. The summed E-state index contributed by atoms with van der Waals surface area (Å²) in [5, 5.41) is 11.8. The van der Waals surface area contributed by atoms with E-state index >= 15 is 0 Å². The van der Waals surface area contributed by atoms with Crippen LogP contribution in [0.5, 0.6) is 0 Å². The molecule has 1 fully saturated rings. The van der Waals surface area contributed by atoms with Crippen molar-refractivity contribution in [3.05, 3.63) is 58.4 Å². The van der Waals surface area contributed by atoms with E-state index in [-0.39, 0.29) is 12.2 Å². The van der Waals surface area contributed by atoms with E-state index in [1.807, 2.05) is 6.92 Å². The van der Waals surface area contributed by atoms with Crippen molar-refractivity contribution in [1.29, 1.82) is 0 Å². The Bertz CT molecular complexity index is 1110. The van der Waals surface area contributed by atoms with Gasteiger partial charge >= 0.3 is 0 Å². The van der Waals surface area contributed by atoms with Crippen molar-refractivity contribution in [2.24, 2.45) is 10.3 Å². The van der Waals surface area contributed by atoms with Gasteiger partial charge in [0.15, 0.2) is 12.1 Å². The molecule has 3 amide bonds. The SMILES string of the molecule is Cc1ccc(NC(=O)CN2N=N[C@H]3C(=O)N(c4ccc(C)c(Cl)c4)C(=O)[C@@H]32)cc1F. The third-order valence-corrected chi connectivity index (χ3v) is 5.44. The summed E-state index contributed by atoms with van der Waals surface area (Å²) in [6.07, 6.45) is 0. The van der Waals surface area contributed by atoms with E-state index in [2.05, 4.69) is 15.7 Å². The summed E-state index contributed by atoms with van der Waals surface area (Å²) in [6, 6.07) is 7.14. The summed E-state index contributed by atoms with van der Waals surface area (Å²) < 4.78 is 13.7. The molecule has 4 rings (SSSR count). The molecule has 30 heavy (non-hydrogen) atoms. The Morgan fingerprint density at radius 1 is 1.13 bits per heavy atom. The molecule has 2 heterocycles. The first-order valence-corrected chi connectivity index (χ1v) is 9.51. The van der Waals surface area contributed by atoms with Crippen LogP contribution in [0.2, 0.25) is 5.02 Å². The van der Waals surface area contributed by atoms with Gasteiger partial charge in [-0.25, -0.2) is 9.29 Å². The fraction of sp³-hybridized carbons (Fsp3) is 0.250. The molecule has 2 aromatic rings. The van der Waals surface area contributed by atoms with Crippen LogP contribution in [0, 0.1) is 19.7 Å². The van der Waals surface area contributed by atoms with Crippen molar-refractivity contribution in [3.63, 3.8) is 0 Å². The maximum absolute atomic E-state index is 13.7. The zero-order chi connectivity index (χ0) is 21.6. The van der Waals surface area contributed by atoms with Gasteiger partial charge in [0.25, 0.3) is 11.8 Å². The molecule has 8 nitrogen and oxygen atoms in total. The molecule has 0 aliphatic carbocycles. The van der Waals surface area contributed by atoms with E-state index in [0.717, 1.165) is 10.5 Å². The molecule has 2 aliphatic rings. The highest BCUT2D eigenvalue weighted by molar-refractivity contribution is 6.32. The molecule has 0 aromatic heterocycles. The summed E-state index contributed by atoms with van der Waals surface area (Å²) in [7, 11) is 0. The van der Waals surface area contributed by atoms with Crippen LogP contribution in [-0.4, -0.2) is 41.4 Å². The highest BCUT2D eigenvalue weighted by Gasteiger charge is 2.55. The van der Waals surface area contributed by atoms with Gasteiger partial charge in [-0.3, -0.25) is 19.4 Å². The number of rotatable bonds is 4. The Hall–Kier alpha value is -3.33. The highest BCUT2D eigenvalue weighted by atomic mass is 35.5. The van der Waals surface area contributed by atoms with Crippen LogP contribution in [0.15, 0.2) is 46.7 Å². The number of halogens is 2. The van der Waals surface area contributed by atoms with Crippen LogP contribution < -0.4 is 10.2 Å². The van der Waals surface area contributed by atoms with Gasteiger partial charge in [-0.15, -0.1) is 0 Å². The number of hydrogen-bond donors (Lipinski definition) is 1. The number of hydrogen-bond acceptors (Lipinski definition) is 6. The topological polar surface area (TPSA) is 94.4 Å². The lowest BCUT2D eigenvalue weighted by Gasteiger charge is -2.20. The molecule has 2 aliphatic heterocycles. The normalized spacial score (nSPS) is 20.1. The van der Waals surface area contributed by atoms with E-state index in [9.17, 15) is 18.8 Å². The molecular formula is C20H17ClFN5O3. The summed E-state index contributed by atoms with van der Waals surface area (Å²) in [6.45, 7) is 3.10. The Balaban J connectivity index is 1.49. The van der Waals surface area contributed by atoms with Gasteiger partial charge in [0, 0.05) is 10.7 Å². The van der Waals surface area contributed by atoms with Crippen LogP contribution >= 0.6 is 11.6 Å². The first-order valence-electron chi connectivity index (χ1n) is 9.13. The maximum Gasteiger partial charge on any atom is 0.263 e. The zero-order valence-electron chi connectivity index (χ0n) is 16.1. The summed E-state index contributed by atoms with van der Waals surface area (Å²) in [5.74, 6) is -2.03. The van der Waals surface area contributed by atoms with E-state index in [4.69, 9.17) is 11.6 Å². The monoisotopic (exact) mass is 429 g/mol. The van der Waals surface area contributed by atoms with Crippen LogP contribution in [-0.2, 0) is 14.4 Å². The van der Waals surface area contributed by atoms with Crippen LogP contribution in [0.25, 0.3) is 0 Å². The fourth-order valence-electron chi connectivity index (χ4n) is 3.35. The van der Waals surface area contributed by atoms with Gasteiger partial charge in [0.1, 0.15) is 12.4 Å². The largest absolute Gasteiger partial charge is 0.324 e.